The van der Waals surface area contributed by atoms with Gasteiger partial charge in [-0.25, -0.2) is 17.2 Å². The summed E-state index contributed by atoms with van der Waals surface area (Å²) < 4.78 is 91.7. The average molecular weight is 505 g/mol. The Morgan fingerprint density at radius 1 is 1.12 bits per heavy atom. The van der Waals surface area contributed by atoms with Crippen molar-refractivity contribution in [1.29, 1.82) is 0 Å². The van der Waals surface area contributed by atoms with E-state index in [1.165, 1.54) is 19.1 Å². The first kappa shape index (κ1) is 27.3. The second-order valence-electron chi connectivity index (χ2n) is 7.81. The normalized spacial score (nSPS) is 13.2. The van der Waals surface area contributed by atoms with Crippen molar-refractivity contribution >= 4 is 27.7 Å². The van der Waals surface area contributed by atoms with E-state index in [4.69, 9.17) is 0 Å². The molecule has 1 atom stereocenters. The van der Waals surface area contributed by atoms with Gasteiger partial charge >= 0.3 is 6.18 Å². The number of hydrogen-bond acceptors (Lipinski definition) is 3. The van der Waals surface area contributed by atoms with Crippen molar-refractivity contribution in [3.63, 3.8) is 0 Å². The number of carbonyl (C=O) groups is 1. The van der Waals surface area contributed by atoms with Gasteiger partial charge in [-0.2, -0.15) is 13.2 Å². The molecule has 1 unspecified atom stereocenters. The first-order valence-corrected chi connectivity index (χ1v) is 12.3. The lowest BCUT2D eigenvalue weighted by molar-refractivity contribution is -0.137. The van der Waals surface area contributed by atoms with Crippen molar-refractivity contribution in [2.24, 2.45) is 0 Å². The molecule has 1 amide bonds. The smallest absolute Gasteiger partial charge is 0.346 e. The molecule has 0 bridgehead atoms. The van der Waals surface area contributed by atoms with E-state index in [0.717, 1.165) is 43.0 Å². The Morgan fingerprint density at radius 2 is 1.74 bits per heavy atom. The highest BCUT2D eigenvalue weighted by Gasteiger charge is 2.30. The molecule has 0 radical (unpaired) electrons. The van der Waals surface area contributed by atoms with E-state index in [-0.39, 0.29) is 5.56 Å². The molecule has 2 aromatic carbocycles. The van der Waals surface area contributed by atoms with Crippen molar-refractivity contribution in [1.82, 2.24) is 5.32 Å². The molecule has 2 N–H and O–H groups in total. The summed E-state index contributed by atoms with van der Waals surface area (Å²) in [6.45, 7) is 3.38. The molecule has 2 rings (SSSR count). The summed E-state index contributed by atoms with van der Waals surface area (Å²) in [6, 6.07) is 4.23. The summed E-state index contributed by atoms with van der Waals surface area (Å²) in [5, 5.41) is 2.51. The number of sulfonamides is 1. The number of benzene rings is 2. The maximum Gasteiger partial charge on any atom is 0.416 e. The van der Waals surface area contributed by atoms with Crippen LogP contribution in [0.5, 0.6) is 0 Å². The van der Waals surface area contributed by atoms with E-state index in [1.807, 2.05) is 6.92 Å². The summed E-state index contributed by atoms with van der Waals surface area (Å²) in [5.74, 6) is -2.93. The van der Waals surface area contributed by atoms with E-state index < -0.39 is 51.0 Å². The third-order valence-corrected chi connectivity index (χ3v) is 5.47. The number of unbranched alkanes of at least 4 members (excludes halogenated alkanes) is 1. The summed E-state index contributed by atoms with van der Waals surface area (Å²) in [6.07, 6.45) is 0.640. The van der Waals surface area contributed by atoms with Crippen LogP contribution in [0, 0.1) is 11.6 Å². The minimum absolute atomic E-state index is 0.0500. The van der Waals surface area contributed by atoms with Crippen LogP contribution in [0.4, 0.5) is 27.6 Å². The molecule has 186 valence electrons. The topological polar surface area (TPSA) is 75.3 Å². The number of hydrogen-bond donors (Lipinski definition) is 2. The number of aryl methyl sites for hydroxylation is 1. The van der Waals surface area contributed by atoms with E-state index >= 15 is 0 Å². The standard InChI is InChI=1S/C23H25F5N2O3S/c1-4-5-6-16-11-18(23(26,27)28)9-7-15(16)8-10-21(31)29-14(2)17-12-19(24)22(20(25)13-17)30-34(3,32)33/h7-14,30H,4-6H2,1-3H3,(H,29,31)/b10-8+. The third kappa shape index (κ3) is 7.82. The molecule has 5 nitrogen and oxygen atoms in total. The highest BCUT2D eigenvalue weighted by Crippen LogP contribution is 2.31. The van der Waals surface area contributed by atoms with Gasteiger partial charge in [-0.05, 0) is 66.8 Å². The van der Waals surface area contributed by atoms with Crippen LogP contribution in [0.1, 0.15) is 55.0 Å². The quantitative estimate of drug-likeness (QED) is 0.345. The van der Waals surface area contributed by atoms with Gasteiger partial charge in [-0.1, -0.05) is 19.4 Å². The van der Waals surface area contributed by atoms with Crippen LogP contribution in [0.25, 0.3) is 6.08 Å². The maximum absolute atomic E-state index is 14.2. The summed E-state index contributed by atoms with van der Waals surface area (Å²) in [7, 11) is -3.90. The monoisotopic (exact) mass is 504 g/mol. The Balaban J connectivity index is 2.18. The minimum Gasteiger partial charge on any atom is -0.346 e. The molecule has 0 saturated heterocycles. The predicted molar refractivity (Wildman–Crippen MR) is 120 cm³/mol. The maximum atomic E-state index is 14.2. The third-order valence-electron chi connectivity index (χ3n) is 4.89. The molecular formula is C23H25F5N2O3S. The van der Waals surface area contributed by atoms with Gasteiger partial charge in [0, 0.05) is 6.08 Å². The fourth-order valence-corrected chi connectivity index (χ4v) is 3.73. The molecule has 0 spiro atoms. The average Bonchev–Trinajstić information content (AvgIpc) is 2.72. The molecule has 0 heterocycles. The number of amides is 1. The van der Waals surface area contributed by atoms with Crippen LogP contribution in [-0.2, 0) is 27.4 Å². The molecule has 0 aromatic heterocycles. The molecule has 0 aliphatic rings. The van der Waals surface area contributed by atoms with E-state index in [2.05, 4.69) is 5.32 Å². The molecular weight excluding hydrogens is 479 g/mol. The number of nitrogens with one attached hydrogen (secondary N) is 2. The van der Waals surface area contributed by atoms with Crippen molar-refractivity contribution in [3.8, 4) is 0 Å². The Morgan fingerprint density at radius 3 is 2.26 bits per heavy atom. The molecule has 0 aliphatic carbocycles. The molecule has 34 heavy (non-hydrogen) atoms. The highest BCUT2D eigenvalue weighted by atomic mass is 32.2. The van der Waals surface area contributed by atoms with Gasteiger partial charge in [0.25, 0.3) is 0 Å². The fraction of sp³-hybridized carbons (Fsp3) is 0.348. The molecule has 11 heteroatoms. The lowest BCUT2D eigenvalue weighted by Gasteiger charge is -2.15. The Kier molecular flexibility index (Phi) is 8.82. The van der Waals surface area contributed by atoms with E-state index in [0.29, 0.717) is 24.0 Å². The number of alkyl halides is 3. The van der Waals surface area contributed by atoms with E-state index in [1.54, 1.807) is 4.72 Å². The van der Waals surface area contributed by atoms with Gasteiger partial charge in [0.2, 0.25) is 15.9 Å². The van der Waals surface area contributed by atoms with Crippen LogP contribution in [0.2, 0.25) is 0 Å². The van der Waals surface area contributed by atoms with Gasteiger partial charge < -0.3 is 5.32 Å². The van der Waals surface area contributed by atoms with Crippen molar-refractivity contribution in [2.45, 2.75) is 45.3 Å². The predicted octanol–water partition coefficient (Wildman–Crippen LogP) is 5.59. The first-order valence-electron chi connectivity index (χ1n) is 10.4. The number of anilines is 1. The van der Waals surface area contributed by atoms with Crippen molar-refractivity contribution in [3.05, 3.63) is 70.3 Å². The Hall–Kier alpha value is -2.95. The van der Waals surface area contributed by atoms with Crippen LogP contribution < -0.4 is 10.0 Å². The van der Waals surface area contributed by atoms with Crippen LogP contribution >= 0.6 is 0 Å². The molecule has 2 aromatic rings. The largest absolute Gasteiger partial charge is 0.416 e. The Bertz CT molecular complexity index is 1150. The van der Waals surface area contributed by atoms with E-state index in [9.17, 15) is 35.2 Å². The van der Waals surface area contributed by atoms with Crippen molar-refractivity contribution < 1.29 is 35.2 Å². The van der Waals surface area contributed by atoms with Crippen molar-refractivity contribution in [2.75, 3.05) is 11.0 Å². The van der Waals surface area contributed by atoms with Gasteiger partial charge in [0.1, 0.15) is 5.69 Å². The highest BCUT2D eigenvalue weighted by molar-refractivity contribution is 7.92. The minimum atomic E-state index is -4.48. The number of rotatable bonds is 9. The second kappa shape index (κ2) is 11.0. The van der Waals surface area contributed by atoms with Gasteiger partial charge in [-0.15, -0.1) is 0 Å². The Labute approximate surface area is 195 Å². The second-order valence-corrected chi connectivity index (χ2v) is 9.56. The number of halogens is 5. The summed E-state index contributed by atoms with van der Waals surface area (Å²) in [5.41, 5.74) is -0.642. The molecule has 0 fully saturated rings. The zero-order valence-electron chi connectivity index (χ0n) is 18.8. The first-order chi connectivity index (χ1) is 15.7. The summed E-state index contributed by atoms with van der Waals surface area (Å²) in [4.78, 5) is 12.3. The zero-order valence-corrected chi connectivity index (χ0v) is 19.6. The SMILES string of the molecule is CCCCc1cc(C(F)(F)F)ccc1/C=C/C(=O)NC(C)c1cc(F)c(NS(C)(=O)=O)c(F)c1. The zero-order chi connectivity index (χ0) is 25.7. The van der Waals surface area contributed by atoms with Crippen LogP contribution in [0.3, 0.4) is 0 Å². The van der Waals surface area contributed by atoms with Crippen LogP contribution in [-0.4, -0.2) is 20.6 Å². The fourth-order valence-electron chi connectivity index (χ4n) is 3.16. The lowest BCUT2D eigenvalue weighted by atomic mass is 9.98. The van der Waals surface area contributed by atoms with Gasteiger partial charge in [0.05, 0.1) is 17.9 Å². The summed E-state index contributed by atoms with van der Waals surface area (Å²) >= 11 is 0. The molecule has 0 aliphatic heterocycles. The number of carbonyl (C=O) groups excluding carboxylic acids is 1. The van der Waals surface area contributed by atoms with Crippen LogP contribution in [0.15, 0.2) is 36.4 Å². The molecule has 0 saturated carbocycles. The van der Waals surface area contributed by atoms with Gasteiger partial charge in [0.15, 0.2) is 11.6 Å². The van der Waals surface area contributed by atoms with Gasteiger partial charge in [-0.3, -0.25) is 9.52 Å². The lowest BCUT2D eigenvalue weighted by Crippen LogP contribution is -2.25.